The number of rotatable bonds is 4. The van der Waals surface area contributed by atoms with Crippen molar-refractivity contribution in [1.29, 1.82) is 0 Å². The van der Waals surface area contributed by atoms with Crippen molar-refractivity contribution in [2.75, 3.05) is 13.6 Å². The minimum absolute atomic E-state index is 0.0367. The first-order chi connectivity index (χ1) is 5.61. The summed E-state index contributed by atoms with van der Waals surface area (Å²) in [6.45, 7) is 0.324. The van der Waals surface area contributed by atoms with Gasteiger partial charge in [0.25, 0.3) is 0 Å². The molecule has 4 heteroatoms. The van der Waals surface area contributed by atoms with E-state index in [1.54, 1.807) is 7.05 Å². The first-order valence-electron chi connectivity index (χ1n) is 4.08. The van der Waals surface area contributed by atoms with Gasteiger partial charge in [-0.1, -0.05) is 0 Å². The van der Waals surface area contributed by atoms with Crippen molar-refractivity contribution in [3.8, 4) is 0 Å². The molecule has 4 nitrogen and oxygen atoms in total. The Bertz CT molecular complexity index is 198. The Labute approximate surface area is 71.2 Å². The average molecular weight is 171 g/mol. The lowest BCUT2D eigenvalue weighted by molar-refractivity contribution is -0.138. The summed E-state index contributed by atoms with van der Waals surface area (Å²) in [7, 11) is 1.66. The molecule has 1 N–H and O–H groups in total. The van der Waals surface area contributed by atoms with Gasteiger partial charge in [-0.25, -0.2) is 0 Å². The monoisotopic (exact) mass is 171 g/mol. The molecular formula is C8H13NO3. The molecule has 0 aromatic rings. The van der Waals surface area contributed by atoms with Crippen LogP contribution in [0.3, 0.4) is 0 Å². The minimum atomic E-state index is -0.856. The van der Waals surface area contributed by atoms with Gasteiger partial charge in [0.05, 0.1) is 6.42 Å². The first-order valence-corrected chi connectivity index (χ1v) is 4.08. The summed E-state index contributed by atoms with van der Waals surface area (Å²) in [6.07, 6.45) is 1.97. The van der Waals surface area contributed by atoms with Crippen LogP contribution >= 0.6 is 0 Å². The fourth-order valence-corrected chi connectivity index (χ4v) is 1.02. The van der Waals surface area contributed by atoms with E-state index in [1.807, 2.05) is 0 Å². The highest BCUT2D eigenvalue weighted by atomic mass is 16.4. The van der Waals surface area contributed by atoms with Gasteiger partial charge in [0.1, 0.15) is 0 Å². The van der Waals surface area contributed by atoms with Crippen molar-refractivity contribution in [2.45, 2.75) is 19.3 Å². The molecule has 0 heterocycles. The largest absolute Gasteiger partial charge is 0.481 e. The van der Waals surface area contributed by atoms with Crippen LogP contribution in [0.15, 0.2) is 0 Å². The lowest BCUT2D eigenvalue weighted by Gasteiger charge is -2.14. The molecule has 0 saturated heterocycles. The Morgan fingerprint density at radius 1 is 1.50 bits per heavy atom. The number of nitrogens with zero attached hydrogens (tertiary/aromatic N) is 1. The van der Waals surface area contributed by atoms with Gasteiger partial charge in [-0.3, -0.25) is 9.59 Å². The predicted molar refractivity (Wildman–Crippen MR) is 42.6 cm³/mol. The van der Waals surface area contributed by atoms with E-state index in [1.165, 1.54) is 4.90 Å². The smallest absolute Gasteiger partial charge is 0.305 e. The summed E-state index contributed by atoms with van der Waals surface area (Å²) in [5.41, 5.74) is 0. The van der Waals surface area contributed by atoms with E-state index in [-0.39, 0.29) is 18.2 Å². The van der Waals surface area contributed by atoms with Crippen molar-refractivity contribution < 1.29 is 14.7 Å². The maximum atomic E-state index is 11.3. The van der Waals surface area contributed by atoms with Crippen LogP contribution in [-0.2, 0) is 9.59 Å². The van der Waals surface area contributed by atoms with Crippen molar-refractivity contribution in [2.24, 2.45) is 5.92 Å². The van der Waals surface area contributed by atoms with Crippen molar-refractivity contribution in [3.63, 3.8) is 0 Å². The van der Waals surface area contributed by atoms with Gasteiger partial charge in [0.15, 0.2) is 0 Å². The molecule has 0 atom stereocenters. The Morgan fingerprint density at radius 2 is 2.08 bits per heavy atom. The van der Waals surface area contributed by atoms with E-state index in [9.17, 15) is 9.59 Å². The average Bonchev–Trinajstić information content (AvgIpc) is 2.80. The number of aliphatic carboxylic acids is 1. The summed E-state index contributed by atoms with van der Waals surface area (Å²) in [5.74, 6) is -0.578. The van der Waals surface area contributed by atoms with Crippen LogP contribution in [0.5, 0.6) is 0 Å². The zero-order valence-corrected chi connectivity index (χ0v) is 7.12. The lowest BCUT2D eigenvalue weighted by atomic mass is 10.3. The van der Waals surface area contributed by atoms with E-state index >= 15 is 0 Å². The van der Waals surface area contributed by atoms with E-state index in [2.05, 4.69) is 0 Å². The Morgan fingerprint density at radius 3 is 2.50 bits per heavy atom. The maximum Gasteiger partial charge on any atom is 0.305 e. The molecule has 1 fully saturated rings. The van der Waals surface area contributed by atoms with Crippen molar-refractivity contribution in [3.05, 3.63) is 0 Å². The second kappa shape index (κ2) is 3.56. The molecule has 1 aliphatic carbocycles. The molecule has 0 aromatic carbocycles. The molecule has 0 bridgehead atoms. The lowest BCUT2D eigenvalue weighted by Crippen LogP contribution is -2.30. The highest BCUT2D eigenvalue weighted by Gasteiger charge is 2.31. The van der Waals surface area contributed by atoms with E-state index in [0.29, 0.717) is 6.54 Å². The summed E-state index contributed by atoms with van der Waals surface area (Å²) in [6, 6.07) is 0. The molecule has 1 rings (SSSR count). The number of carboxylic acid groups (broad SMARTS) is 1. The molecule has 0 radical (unpaired) electrons. The fraction of sp³-hybridized carbons (Fsp3) is 0.750. The summed E-state index contributed by atoms with van der Waals surface area (Å²) in [5, 5.41) is 8.36. The van der Waals surface area contributed by atoms with Gasteiger partial charge in [-0.15, -0.1) is 0 Å². The topological polar surface area (TPSA) is 57.6 Å². The van der Waals surface area contributed by atoms with Crippen LogP contribution in [0, 0.1) is 5.92 Å². The number of carbonyl (C=O) groups is 2. The van der Waals surface area contributed by atoms with Crippen LogP contribution in [0.4, 0.5) is 0 Å². The number of carbonyl (C=O) groups excluding carboxylic acids is 1. The van der Waals surface area contributed by atoms with Crippen LogP contribution in [0.2, 0.25) is 0 Å². The van der Waals surface area contributed by atoms with Crippen LogP contribution in [0.1, 0.15) is 19.3 Å². The first kappa shape index (κ1) is 9.03. The van der Waals surface area contributed by atoms with Crippen molar-refractivity contribution in [1.82, 2.24) is 4.90 Å². The second-order valence-corrected chi connectivity index (χ2v) is 3.18. The highest BCUT2D eigenvalue weighted by molar-refractivity contribution is 5.81. The predicted octanol–water partition coefficient (Wildman–Crippen LogP) is 0.329. The van der Waals surface area contributed by atoms with Crippen molar-refractivity contribution >= 4 is 11.9 Å². The molecule has 0 spiro atoms. The molecule has 1 saturated carbocycles. The Kier molecular flexibility index (Phi) is 2.68. The molecule has 0 unspecified atom stereocenters. The van der Waals surface area contributed by atoms with Gasteiger partial charge >= 0.3 is 5.97 Å². The van der Waals surface area contributed by atoms with Gasteiger partial charge in [0.2, 0.25) is 5.91 Å². The third-order valence-electron chi connectivity index (χ3n) is 1.96. The number of hydrogen-bond donors (Lipinski definition) is 1. The zero-order chi connectivity index (χ0) is 9.14. The van der Waals surface area contributed by atoms with Gasteiger partial charge < -0.3 is 10.0 Å². The summed E-state index contributed by atoms with van der Waals surface area (Å²) < 4.78 is 0. The van der Waals surface area contributed by atoms with Gasteiger partial charge in [0, 0.05) is 19.5 Å². The molecule has 12 heavy (non-hydrogen) atoms. The summed E-state index contributed by atoms with van der Waals surface area (Å²) >= 11 is 0. The van der Waals surface area contributed by atoms with Crippen LogP contribution in [-0.4, -0.2) is 35.5 Å². The number of hydrogen-bond acceptors (Lipinski definition) is 2. The SMILES string of the molecule is CN(CCC(=O)O)C(=O)C1CC1. The quantitative estimate of drug-likeness (QED) is 0.663. The fourth-order valence-electron chi connectivity index (χ4n) is 1.02. The minimum Gasteiger partial charge on any atom is -0.481 e. The number of carboxylic acids is 1. The zero-order valence-electron chi connectivity index (χ0n) is 7.12. The molecule has 68 valence electrons. The maximum absolute atomic E-state index is 11.3. The third-order valence-corrected chi connectivity index (χ3v) is 1.96. The molecule has 1 amide bonds. The molecule has 1 aliphatic rings. The number of amides is 1. The molecule has 0 aromatic heterocycles. The Balaban J connectivity index is 2.22. The summed E-state index contributed by atoms with van der Waals surface area (Å²) in [4.78, 5) is 22.9. The van der Waals surface area contributed by atoms with Gasteiger partial charge in [-0.2, -0.15) is 0 Å². The van der Waals surface area contributed by atoms with Crippen LogP contribution in [0.25, 0.3) is 0 Å². The normalized spacial score (nSPS) is 15.8. The van der Waals surface area contributed by atoms with E-state index < -0.39 is 5.97 Å². The third kappa shape index (κ3) is 2.53. The highest BCUT2D eigenvalue weighted by Crippen LogP contribution is 2.30. The standard InChI is InChI=1S/C8H13NO3/c1-9(5-4-7(10)11)8(12)6-2-3-6/h6H,2-5H2,1H3,(H,10,11). The van der Waals surface area contributed by atoms with E-state index in [4.69, 9.17) is 5.11 Å². The van der Waals surface area contributed by atoms with Crippen LogP contribution < -0.4 is 0 Å². The Hall–Kier alpha value is -1.06. The second-order valence-electron chi connectivity index (χ2n) is 3.18. The van der Waals surface area contributed by atoms with Gasteiger partial charge in [-0.05, 0) is 12.8 Å². The molecule has 0 aliphatic heterocycles. The molecular weight excluding hydrogens is 158 g/mol. The van der Waals surface area contributed by atoms with E-state index in [0.717, 1.165) is 12.8 Å².